The molecule has 1 aliphatic heterocycles. The predicted octanol–water partition coefficient (Wildman–Crippen LogP) is 4.33. The highest BCUT2D eigenvalue weighted by molar-refractivity contribution is 6.31. The fourth-order valence-corrected chi connectivity index (χ4v) is 3.98. The number of aromatic nitrogens is 2. The molecule has 0 radical (unpaired) electrons. The van der Waals surface area contributed by atoms with E-state index in [0.29, 0.717) is 29.4 Å². The van der Waals surface area contributed by atoms with Crippen LogP contribution in [-0.4, -0.2) is 34.9 Å². The summed E-state index contributed by atoms with van der Waals surface area (Å²) in [5.41, 5.74) is 2.89. The zero-order chi connectivity index (χ0) is 22.1. The molecule has 7 nitrogen and oxygen atoms in total. The van der Waals surface area contributed by atoms with Crippen LogP contribution in [-0.2, 0) is 11.2 Å². The number of ether oxygens (including phenoxy) is 1. The van der Waals surface area contributed by atoms with E-state index in [0.717, 1.165) is 16.5 Å². The van der Waals surface area contributed by atoms with E-state index in [2.05, 4.69) is 15.3 Å². The van der Waals surface area contributed by atoms with Crippen LogP contribution < -0.4 is 15.0 Å². The summed E-state index contributed by atoms with van der Waals surface area (Å²) >= 11 is 6.17. The van der Waals surface area contributed by atoms with E-state index in [1.54, 1.807) is 36.5 Å². The fraction of sp³-hybridized carbons (Fsp3) is 0.125. The number of rotatable bonds is 5. The Balaban J connectivity index is 1.33. The molecule has 0 saturated carbocycles. The van der Waals surface area contributed by atoms with Gasteiger partial charge in [0.2, 0.25) is 11.8 Å². The molecule has 2 aromatic heterocycles. The Hall–Kier alpha value is -3.84. The number of H-pyrrole nitrogens is 1. The smallest absolute Gasteiger partial charge is 0.264 e. The highest BCUT2D eigenvalue weighted by Gasteiger charge is 2.30. The molecule has 0 saturated heterocycles. The number of amides is 2. The molecule has 2 N–H and O–H groups in total. The van der Waals surface area contributed by atoms with Crippen molar-refractivity contribution in [3.8, 4) is 11.6 Å². The van der Waals surface area contributed by atoms with E-state index >= 15 is 0 Å². The van der Waals surface area contributed by atoms with Crippen molar-refractivity contribution in [1.82, 2.24) is 15.3 Å². The molecule has 0 unspecified atom stereocenters. The molecule has 2 amide bonds. The van der Waals surface area contributed by atoms with Gasteiger partial charge in [0.05, 0.1) is 5.69 Å². The number of halogens is 1. The minimum atomic E-state index is -0.374. The molecule has 2 aromatic carbocycles. The van der Waals surface area contributed by atoms with Gasteiger partial charge in [0.1, 0.15) is 12.1 Å². The van der Waals surface area contributed by atoms with Crippen molar-refractivity contribution >= 4 is 40.0 Å². The van der Waals surface area contributed by atoms with Crippen LogP contribution in [0.1, 0.15) is 15.9 Å². The summed E-state index contributed by atoms with van der Waals surface area (Å²) in [5.74, 6) is -0.0486. The summed E-state index contributed by atoms with van der Waals surface area (Å²) in [5, 5.41) is 4.47. The molecule has 5 rings (SSSR count). The molecule has 0 fully saturated rings. The number of hydrogen-bond donors (Lipinski definition) is 2. The number of carbonyl (C=O) groups excluding carboxylic acids is 2. The molecule has 32 heavy (non-hydrogen) atoms. The van der Waals surface area contributed by atoms with Gasteiger partial charge in [-0.25, -0.2) is 4.98 Å². The van der Waals surface area contributed by atoms with Crippen molar-refractivity contribution in [1.29, 1.82) is 0 Å². The van der Waals surface area contributed by atoms with Gasteiger partial charge >= 0.3 is 0 Å². The molecular weight excluding hydrogens is 428 g/mol. The topological polar surface area (TPSA) is 87.3 Å². The minimum Gasteiger partial charge on any atom is -0.436 e. The Morgan fingerprint density at radius 1 is 1.16 bits per heavy atom. The quantitative estimate of drug-likeness (QED) is 0.477. The second-order valence-corrected chi connectivity index (χ2v) is 7.86. The Morgan fingerprint density at radius 3 is 2.94 bits per heavy atom. The maximum Gasteiger partial charge on any atom is 0.264 e. The summed E-state index contributed by atoms with van der Waals surface area (Å²) in [6.07, 6.45) is 4.17. The van der Waals surface area contributed by atoms with Crippen molar-refractivity contribution < 1.29 is 14.3 Å². The maximum absolute atomic E-state index is 13.2. The first-order valence-corrected chi connectivity index (χ1v) is 10.5. The molecule has 160 valence electrons. The van der Waals surface area contributed by atoms with E-state index in [-0.39, 0.29) is 29.8 Å². The molecule has 1 aliphatic rings. The van der Waals surface area contributed by atoms with Crippen molar-refractivity contribution in [3.05, 3.63) is 83.1 Å². The van der Waals surface area contributed by atoms with Gasteiger partial charge in [-0.1, -0.05) is 29.8 Å². The van der Waals surface area contributed by atoms with Gasteiger partial charge in [-0.15, -0.1) is 0 Å². The summed E-state index contributed by atoms with van der Waals surface area (Å²) in [7, 11) is 0. The number of hydrogen-bond acceptors (Lipinski definition) is 4. The van der Waals surface area contributed by atoms with Gasteiger partial charge in [-0.05, 0) is 48.4 Å². The van der Waals surface area contributed by atoms with Crippen LogP contribution in [0.15, 0.2) is 67.0 Å². The molecule has 0 aliphatic carbocycles. The van der Waals surface area contributed by atoms with Gasteiger partial charge in [-0.3, -0.25) is 14.5 Å². The third kappa shape index (κ3) is 3.78. The fourth-order valence-electron chi connectivity index (χ4n) is 3.81. The third-order valence-electron chi connectivity index (χ3n) is 5.36. The van der Waals surface area contributed by atoms with Crippen molar-refractivity contribution in [2.75, 3.05) is 18.0 Å². The Morgan fingerprint density at radius 2 is 2.03 bits per heavy atom. The van der Waals surface area contributed by atoms with Crippen LogP contribution in [0.25, 0.3) is 10.9 Å². The van der Waals surface area contributed by atoms with Crippen LogP contribution in [0.4, 0.5) is 5.69 Å². The van der Waals surface area contributed by atoms with Crippen LogP contribution in [0.5, 0.6) is 11.6 Å². The van der Waals surface area contributed by atoms with Gasteiger partial charge in [0.15, 0.2) is 5.75 Å². The van der Waals surface area contributed by atoms with Gasteiger partial charge in [0.25, 0.3) is 5.91 Å². The van der Waals surface area contributed by atoms with Crippen LogP contribution in [0.3, 0.4) is 0 Å². The number of para-hydroxylation sites is 1. The number of aromatic amines is 1. The van der Waals surface area contributed by atoms with Crippen LogP contribution in [0.2, 0.25) is 5.02 Å². The lowest BCUT2D eigenvalue weighted by Crippen LogP contribution is -2.41. The Kier molecular flexibility index (Phi) is 5.25. The van der Waals surface area contributed by atoms with Gasteiger partial charge in [-0.2, -0.15) is 0 Å². The van der Waals surface area contributed by atoms with E-state index < -0.39 is 0 Å². The normalized spacial score (nSPS) is 12.7. The number of benzene rings is 2. The summed E-state index contributed by atoms with van der Waals surface area (Å²) in [4.78, 5) is 34.8. The lowest BCUT2D eigenvalue weighted by molar-refractivity contribution is -0.119. The number of anilines is 1. The van der Waals surface area contributed by atoms with Crippen molar-refractivity contribution in [2.45, 2.75) is 6.42 Å². The molecule has 3 heterocycles. The molecule has 4 aromatic rings. The first-order valence-electron chi connectivity index (χ1n) is 10.2. The predicted molar refractivity (Wildman–Crippen MR) is 122 cm³/mol. The van der Waals surface area contributed by atoms with Crippen molar-refractivity contribution in [2.24, 2.45) is 0 Å². The maximum atomic E-state index is 13.2. The van der Waals surface area contributed by atoms with Gasteiger partial charge < -0.3 is 15.0 Å². The lowest BCUT2D eigenvalue weighted by Gasteiger charge is -2.21. The summed E-state index contributed by atoms with van der Waals surface area (Å²) in [6.45, 7) is 0.275. The monoisotopic (exact) mass is 446 g/mol. The van der Waals surface area contributed by atoms with E-state index in [1.165, 1.54) is 4.90 Å². The number of fused-ring (bicyclic) bond motifs is 3. The second-order valence-electron chi connectivity index (χ2n) is 7.42. The standard InChI is InChI=1S/C24H19ClN4O3/c25-16-7-8-21-20(12-16)29(24(31)18-5-3-10-27-23(18)32-21)14-22(30)26-11-9-15-13-28-19-6-2-1-4-17(15)19/h1-8,10,12-13,28H,9,11,14H2,(H,26,30). The first-order chi connectivity index (χ1) is 15.6. The molecule has 0 spiro atoms. The Bertz CT molecular complexity index is 1330. The average Bonchev–Trinajstić information content (AvgIpc) is 3.17. The van der Waals surface area contributed by atoms with Crippen molar-refractivity contribution in [3.63, 3.8) is 0 Å². The van der Waals surface area contributed by atoms with E-state index in [9.17, 15) is 9.59 Å². The van der Waals surface area contributed by atoms with Crippen LogP contribution in [0, 0.1) is 0 Å². The molecule has 0 bridgehead atoms. The number of nitrogens with one attached hydrogen (secondary N) is 2. The van der Waals surface area contributed by atoms with E-state index in [4.69, 9.17) is 16.3 Å². The highest BCUT2D eigenvalue weighted by Crippen LogP contribution is 2.39. The minimum absolute atomic E-state index is 0.169. The first kappa shape index (κ1) is 20.1. The number of nitrogens with zero attached hydrogens (tertiary/aromatic N) is 2. The Labute approximate surface area is 189 Å². The van der Waals surface area contributed by atoms with E-state index in [1.807, 2.05) is 30.5 Å². The second kappa shape index (κ2) is 8.36. The summed E-state index contributed by atoms with van der Waals surface area (Å²) < 4.78 is 5.84. The van der Waals surface area contributed by atoms with Gasteiger partial charge in [0, 0.05) is 34.9 Å². The third-order valence-corrected chi connectivity index (χ3v) is 5.59. The average molecular weight is 447 g/mol. The highest BCUT2D eigenvalue weighted by atomic mass is 35.5. The van der Waals surface area contributed by atoms with Crippen LogP contribution >= 0.6 is 11.6 Å². The summed E-state index contributed by atoms with van der Waals surface area (Å²) in [6, 6.07) is 16.2. The molecular formula is C24H19ClN4O3. The zero-order valence-corrected chi connectivity index (χ0v) is 17.7. The number of carbonyl (C=O) groups is 2. The lowest BCUT2D eigenvalue weighted by atomic mass is 10.1. The molecule has 8 heteroatoms. The molecule has 0 atom stereocenters. The SMILES string of the molecule is O=C(CN1C(=O)c2cccnc2Oc2ccc(Cl)cc21)NCCc1c[nH]c2ccccc12. The zero-order valence-electron chi connectivity index (χ0n) is 17.0. The largest absolute Gasteiger partial charge is 0.436 e. The number of pyridine rings is 1.